The molecule has 0 spiro atoms. The zero-order valence-electron chi connectivity index (χ0n) is 53.8. The second-order valence-corrected chi connectivity index (χ2v) is 24.6. The molecule has 2 atom stereocenters. The minimum absolute atomic E-state index is 0.0100. The molecule has 2 unspecified atom stereocenters. The Labute approximate surface area is 499 Å². The van der Waals surface area contributed by atoms with Gasteiger partial charge in [0, 0.05) is 12.8 Å². The van der Waals surface area contributed by atoms with Gasteiger partial charge in [0.2, 0.25) is 5.91 Å². The molecule has 0 bridgehead atoms. The highest BCUT2D eigenvalue weighted by molar-refractivity contribution is 5.76. The van der Waals surface area contributed by atoms with E-state index in [9.17, 15) is 19.8 Å². The number of hydrogen-bond donors (Lipinski definition) is 3. The van der Waals surface area contributed by atoms with Crippen molar-refractivity contribution in [1.82, 2.24) is 5.32 Å². The number of nitrogens with one attached hydrogen (secondary N) is 1. The van der Waals surface area contributed by atoms with Crippen molar-refractivity contribution < 1.29 is 24.5 Å². The second-order valence-electron chi connectivity index (χ2n) is 24.6. The smallest absolute Gasteiger partial charge is 0.305 e. The number of ether oxygens (including phenoxy) is 1. The van der Waals surface area contributed by atoms with E-state index in [1.807, 2.05) is 6.08 Å². The molecule has 0 fully saturated rings. The van der Waals surface area contributed by atoms with E-state index in [0.717, 1.165) is 51.4 Å². The fraction of sp³-hybridized carbons (Fsp3) is 0.865. The van der Waals surface area contributed by atoms with Crippen LogP contribution in [0, 0.1) is 0 Å². The average Bonchev–Trinajstić information content (AvgIpc) is 3.46. The first-order valence-corrected chi connectivity index (χ1v) is 35.9. The molecule has 0 radical (unpaired) electrons. The lowest BCUT2D eigenvalue weighted by atomic mass is 10.0. The number of esters is 1. The van der Waals surface area contributed by atoms with Gasteiger partial charge in [-0.25, -0.2) is 0 Å². The Bertz CT molecular complexity index is 1340. The van der Waals surface area contributed by atoms with Crippen LogP contribution in [-0.4, -0.2) is 47.4 Å². The minimum atomic E-state index is -0.842. The number of hydrogen-bond acceptors (Lipinski definition) is 5. The van der Waals surface area contributed by atoms with E-state index >= 15 is 0 Å². The number of unbranched alkanes of at least 4 members (excludes halogenated alkanes) is 50. The molecule has 0 aromatic rings. The molecule has 0 aliphatic rings. The van der Waals surface area contributed by atoms with E-state index in [2.05, 4.69) is 55.6 Å². The van der Waals surface area contributed by atoms with Gasteiger partial charge in [-0.2, -0.15) is 0 Å². The molecular formula is C74H139NO5. The lowest BCUT2D eigenvalue weighted by molar-refractivity contribution is -0.143. The normalized spacial score (nSPS) is 12.8. The molecule has 80 heavy (non-hydrogen) atoms. The monoisotopic (exact) mass is 1120 g/mol. The molecule has 0 aromatic heterocycles. The van der Waals surface area contributed by atoms with Gasteiger partial charge in [0.05, 0.1) is 25.4 Å². The Hall–Kier alpha value is -2.18. The van der Waals surface area contributed by atoms with Crippen LogP contribution in [0.2, 0.25) is 0 Å². The third-order valence-electron chi connectivity index (χ3n) is 16.6. The third-order valence-corrected chi connectivity index (χ3v) is 16.6. The summed E-state index contributed by atoms with van der Waals surface area (Å²) < 4.78 is 5.49. The maximum Gasteiger partial charge on any atom is 0.305 e. The van der Waals surface area contributed by atoms with Crippen LogP contribution in [0.15, 0.2) is 48.6 Å². The van der Waals surface area contributed by atoms with Gasteiger partial charge in [-0.05, 0) is 89.9 Å². The van der Waals surface area contributed by atoms with E-state index in [1.54, 1.807) is 6.08 Å². The van der Waals surface area contributed by atoms with Crippen LogP contribution < -0.4 is 5.32 Å². The van der Waals surface area contributed by atoms with Crippen molar-refractivity contribution in [3.63, 3.8) is 0 Å². The van der Waals surface area contributed by atoms with E-state index in [-0.39, 0.29) is 18.5 Å². The molecule has 6 heteroatoms. The van der Waals surface area contributed by atoms with Gasteiger partial charge in [0.25, 0.3) is 0 Å². The molecule has 0 saturated heterocycles. The summed E-state index contributed by atoms with van der Waals surface area (Å²) in [7, 11) is 0. The number of allylic oxidation sites excluding steroid dienone is 7. The van der Waals surface area contributed by atoms with E-state index in [0.29, 0.717) is 19.4 Å². The van der Waals surface area contributed by atoms with Gasteiger partial charge < -0.3 is 20.3 Å². The Morgan fingerprint density at radius 1 is 0.350 bits per heavy atom. The number of aliphatic hydroxyl groups excluding tert-OH is 2. The molecule has 0 aromatic carbocycles. The number of aliphatic hydroxyl groups is 2. The zero-order chi connectivity index (χ0) is 57.8. The number of carbonyl (C=O) groups is 2. The van der Waals surface area contributed by atoms with Crippen LogP contribution in [0.5, 0.6) is 0 Å². The molecule has 0 aliphatic heterocycles. The van der Waals surface area contributed by atoms with E-state index in [1.165, 1.54) is 308 Å². The summed E-state index contributed by atoms with van der Waals surface area (Å²) in [5.41, 5.74) is 0. The topological polar surface area (TPSA) is 95.9 Å². The summed E-state index contributed by atoms with van der Waals surface area (Å²) in [4.78, 5) is 24.5. The lowest BCUT2D eigenvalue weighted by Crippen LogP contribution is -2.45. The highest BCUT2D eigenvalue weighted by Crippen LogP contribution is 2.18. The van der Waals surface area contributed by atoms with Crippen molar-refractivity contribution in [2.24, 2.45) is 0 Å². The molecule has 6 nitrogen and oxygen atoms in total. The lowest BCUT2D eigenvalue weighted by Gasteiger charge is -2.20. The van der Waals surface area contributed by atoms with Gasteiger partial charge in [0.15, 0.2) is 0 Å². The largest absolute Gasteiger partial charge is 0.466 e. The predicted molar refractivity (Wildman–Crippen MR) is 352 cm³/mol. The number of amides is 1. The number of carbonyl (C=O) groups excluding carboxylic acids is 2. The van der Waals surface area contributed by atoms with Crippen molar-refractivity contribution in [2.75, 3.05) is 13.2 Å². The third kappa shape index (κ3) is 65.0. The summed E-state index contributed by atoms with van der Waals surface area (Å²) in [6, 6.07) is -0.625. The Morgan fingerprint density at radius 3 is 0.963 bits per heavy atom. The van der Waals surface area contributed by atoms with Crippen LogP contribution in [0.4, 0.5) is 0 Å². The van der Waals surface area contributed by atoms with Crippen LogP contribution in [0.1, 0.15) is 386 Å². The van der Waals surface area contributed by atoms with Crippen molar-refractivity contribution in [3.05, 3.63) is 48.6 Å². The SMILES string of the molecule is CCCCCCC/C=C\CCCCCCCC(=O)OCCCCCCCCCCCCCCC/C=C\C/C=C\CCCCCCCCCCCCCCCCCCCC(=O)NC(CO)C(O)/C=C/CCCCCCCCCCCC. The van der Waals surface area contributed by atoms with Gasteiger partial charge in [-0.3, -0.25) is 9.59 Å². The molecular weight excluding hydrogens is 983 g/mol. The van der Waals surface area contributed by atoms with Gasteiger partial charge in [0.1, 0.15) is 0 Å². The first-order valence-electron chi connectivity index (χ1n) is 35.9. The maximum atomic E-state index is 12.5. The second kappa shape index (κ2) is 69.3. The molecule has 0 heterocycles. The summed E-state index contributed by atoms with van der Waals surface area (Å²) in [5, 5.41) is 23.1. The van der Waals surface area contributed by atoms with E-state index < -0.39 is 12.1 Å². The Kier molecular flexibility index (Phi) is 67.4. The summed E-state index contributed by atoms with van der Waals surface area (Å²) >= 11 is 0. The van der Waals surface area contributed by atoms with Gasteiger partial charge in [-0.1, -0.05) is 332 Å². The fourth-order valence-electron chi connectivity index (χ4n) is 11.1. The summed E-state index contributed by atoms with van der Waals surface area (Å²) in [6.45, 7) is 4.90. The highest BCUT2D eigenvalue weighted by atomic mass is 16.5. The molecule has 1 amide bonds. The quantitative estimate of drug-likeness (QED) is 0.0320. The van der Waals surface area contributed by atoms with Crippen molar-refractivity contribution in [3.8, 4) is 0 Å². The van der Waals surface area contributed by atoms with Crippen LogP contribution in [0.3, 0.4) is 0 Å². The summed E-state index contributed by atoms with van der Waals surface area (Å²) in [6.07, 6.45) is 90.7. The van der Waals surface area contributed by atoms with Crippen LogP contribution >= 0.6 is 0 Å². The molecule has 0 rings (SSSR count). The molecule has 0 aliphatic carbocycles. The Balaban J connectivity index is 3.36. The van der Waals surface area contributed by atoms with Crippen molar-refractivity contribution in [1.29, 1.82) is 0 Å². The van der Waals surface area contributed by atoms with Crippen molar-refractivity contribution >= 4 is 11.9 Å². The van der Waals surface area contributed by atoms with Crippen LogP contribution in [-0.2, 0) is 14.3 Å². The Morgan fingerprint density at radius 2 is 0.625 bits per heavy atom. The van der Waals surface area contributed by atoms with E-state index in [4.69, 9.17) is 4.74 Å². The average molecular weight is 1120 g/mol. The van der Waals surface area contributed by atoms with Crippen molar-refractivity contribution in [2.45, 2.75) is 398 Å². The predicted octanol–water partition coefficient (Wildman–Crippen LogP) is 23.3. The highest BCUT2D eigenvalue weighted by Gasteiger charge is 2.18. The zero-order valence-corrected chi connectivity index (χ0v) is 53.8. The first kappa shape index (κ1) is 77.8. The number of rotatable bonds is 67. The first-order chi connectivity index (χ1) is 39.5. The fourth-order valence-corrected chi connectivity index (χ4v) is 11.1. The molecule has 0 saturated carbocycles. The summed E-state index contributed by atoms with van der Waals surface area (Å²) in [5.74, 6) is -0.0548. The van der Waals surface area contributed by atoms with Crippen LogP contribution in [0.25, 0.3) is 0 Å². The molecule has 470 valence electrons. The molecule has 3 N–H and O–H groups in total. The van der Waals surface area contributed by atoms with Gasteiger partial charge >= 0.3 is 5.97 Å². The standard InChI is InChI=1S/C74H139NO5/c1-3-5-7-9-11-13-15-17-44-48-52-56-60-64-68-74(79)80-69-65-61-57-53-49-45-42-40-38-36-34-32-30-28-26-24-22-20-18-19-21-23-25-27-29-31-33-35-37-39-41-43-47-51-55-59-63-67-73(78)75-71(70-76)72(77)66-62-58-54-50-46-16-14-12-10-8-6-4-2/h15,17-18,20,24,26,62,66,71-72,76-77H,3-14,16,19,21-23,25,27-61,63-65,67-70H2,1-2H3,(H,75,78)/b17-15-,20-18-,26-24-,66-62+. The maximum absolute atomic E-state index is 12.5. The van der Waals surface area contributed by atoms with Gasteiger partial charge in [-0.15, -0.1) is 0 Å². The minimum Gasteiger partial charge on any atom is -0.466 e.